The van der Waals surface area contributed by atoms with E-state index in [0.717, 1.165) is 17.8 Å². The Balaban J connectivity index is 1.49. The fourth-order valence-electron chi connectivity index (χ4n) is 4.13. The fraction of sp³-hybridized carbons (Fsp3) is 0.222. The summed E-state index contributed by atoms with van der Waals surface area (Å²) in [6.45, 7) is 7.32. The lowest BCUT2D eigenvalue weighted by Crippen LogP contribution is -2.25. The van der Waals surface area contributed by atoms with Gasteiger partial charge in [-0.2, -0.15) is 10.2 Å². The van der Waals surface area contributed by atoms with Crippen LogP contribution in [0.5, 0.6) is 0 Å². The number of furan rings is 1. The summed E-state index contributed by atoms with van der Waals surface area (Å²) in [5.41, 5.74) is 3.92. The Hall–Kier alpha value is -4.73. The van der Waals surface area contributed by atoms with Gasteiger partial charge in [-0.15, -0.1) is 0 Å². The van der Waals surface area contributed by atoms with Gasteiger partial charge in [-0.25, -0.2) is 4.98 Å². The van der Waals surface area contributed by atoms with Gasteiger partial charge in [-0.1, -0.05) is 18.2 Å². The van der Waals surface area contributed by atoms with E-state index in [1.54, 1.807) is 35.3 Å². The average molecular weight is 498 g/mol. The van der Waals surface area contributed by atoms with Gasteiger partial charge < -0.3 is 15.1 Å². The molecule has 0 aliphatic carbocycles. The highest BCUT2D eigenvalue weighted by molar-refractivity contribution is 6.14. The summed E-state index contributed by atoms with van der Waals surface area (Å²) in [5, 5.41) is 15.3. The molecule has 4 heterocycles. The number of amides is 2. The van der Waals surface area contributed by atoms with E-state index >= 15 is 0 Å². The lowest BCUT2D eigenvalue weighted by molar-refractivity contribution is 0.0943. The van der Waals surface area contributed by atoms with Crippen LogP contribution >= 0.6 is 0 Å². The Morgan fingerprint density at radius 2 is 1.76 bits per heavy atom. The molecule has 0 atom stereocenters. The van der Waals surface area contributed by atoms with Crippen molar-refractivity contribution < 1.29 is 14.0 Å². The van der Waals surface area contributed by atoms with E-state index in [1.165, 1.54) is 0 Å². The minimum absolute atomic E-state index is 0.125. The number of carbonyl (C=O) groups is 2. The van der Waals surface area contributed by atoms with Crippen LogP contribution in [0.3, 0.4) is 0 Å². The number of carbonyl (C=O) groups excluding carboxylic acids is 2. The number of nitrogens with zero attached hydrogens (tertiary/aromatic N) is 5. The van der Waals surface area contributed by atoms with Crippen LogP contribution in [0.1, 0.15) is 46.1 Å². The third-order valence-corrected chi connectivity index (χ3v) is 6.06. The number of para-hydroxylation sites is 1. The molecule has 0 saturated heterocycles. The lowest BCUT2D eigenvalue weighted by atomic mass is 10.0. The van der Waals surface area contributed by atoms with E-state index in [4.69, 9.17) is 9.40 Å². The number of aromatic nitrogens is 5. The fourth-order valence-corrected chi connectivity index (χ4v) is 4.13. The zero-order chi connectivity index (χ0) is 25.9. The molecular formula is C27H27N7O3. The van der Waals surface area contributed by atoms with Gasteiger partial charge in [0.05, 0.1) is 41.0 Å². The van der Waals surface area contributed by atoms with Gasteiger partial charge in [0.25, 0.3) is 11.8 Å². The minimum Gasteiger partial charge on any atom is -0.467 e. The number of nitrogens with one attached hydrogen (secondary N) is 2. The predicted octanol–water partition coefficient (Wildman–Crippen LogP) is 4.42. The largest absolute Gasteiger partial charge is 0.467 e. The molecule has 37 heavy (non-hydrogen) atoms. The zero-order valence-corrected chi connectivity index (χ0v) is 20.9. The normalized spacial score (nSPS) is 11.1. The molecule has 0 bridgehead atoms. The molecule has 188 valence electrons. The van der Waals surface area contributed by atoms with Crippen LogP contribution in [-0.2, 0) is 19.6 Å². The molecule has 0 aliphatic rings. The van der Waals surface area contributed by atoms with Gasteiger partial charge in [-0.3, -0.25) is 19.0 Å². The summed E-state index contributed by atoms with van der Waals surface area (Å²) in [6, 6.07) is 12.8. The van der Waals surface area contributed by atoms with Crippen molar-refractivity contribution in [3.8, 4) is 11.3 Å². The first kappa shape index (κ1) is 24.0. The SMILES string of the molecule is CCn1cc(-c2cc(C(=O)Nc3cn(CC)nc3C(=O)NCc3ccco3)c3ccccc3n2)c(C)n1. The van der Waals surface area contributed by atoms with Gasteiger partial charge in [0, 0.05) is 36.4 Å². The standard InChI is InChI=1S/C27H27N7O3/c1-4-33-15-21(17(3)31-33)23-13-20(19-10-6-7-11-22(19)29-23)26(35)30-24-16-34(5-2)32-25(24)27(36)28-14-18-9-8-12-37-18/h6-13,15-16H,4-5,14H2,1-3H3,(H,28,36)(H,30,35). The summed E-state index contributed by atoms with van der Waals surface area (Å²) in [4.78, 5) is 31.4. The Bertz CT molecular complexity index is 1580. The van der Waals surface area contributed by atoms with Gasteiger partial charge in [-0.05, 0) is 45.0 Å². The van der Waals surface area contributed by atoms with Crippen LogP contribution in [0.4, 0.5) is 5.69 Å². The van der Waals surface area contributed by atoms with Crippen LogP contribution < -0.4 is 10.6 Å². The number of rotatable bonds is 8. The third-order valence-electron chi connectivity index (χ3n) is 6.06. The summed E-state index contributed by atoms with van der Waals surface area (Å²) >= 11 is 0. The number of pyridine rings is 1. The van der Waals surface area contributed by atoms with Crippen LogP contribution in [0, 0.1) is 6.92 Å². The third kappa shape index (κ3) is 4.86. The molecule has 0 saturated carbocycles. The number of benzene rings is 1. The molecule has 10 nitrogen and oxygen atoms in total. The average Bonchev–Trinajstić information content (AvgIpc) is 3.66. The molecule has 2 N–H and O–H groups in total. The maximum Gasteiger partial charge on any atom is 0.274 e. The number of hydrogen-bond donors (Lipinski definition) is 2. The highest BCUT2D eigenvalue weighted by Gasteiger charge is 2.22. The highest BCUT2D eigenvalue weighted by Crippen LogP contribution is 2.28. The van der Waals surface area contributed by atoms with Gasteiger partial charge >= 0.3 is 0 Å². The number of aryl methyl sites for hydroxylation is 3. The highest BCUT2D eigenvalue weighted by atomic mass is 16.3. The van der Waals surface area contributed by atoms with Gasteiger partial charge in [0.15, 0.2) is 5.69 Å². The van der Waals surface area contributed by atoms with Crippen LogP contribution in [0.25, 0.3) is 22.2 Å². The predicted molar refractivity (Wildman–Crippen MR) is 139 cm³/mol. The molecule has 2 amide bonds. The zero-order valence-electron chi connectivity index (χ0n) is 20.9. The maximum absolute atomic E-state index is 13.6. The summed E-state index contributed by atoms with van der Waals surface area (Å²) < 4.78 is 8.73. The summed E-state index contributed by atoms with van der Waals surface area (Å²) in [7, 11) is 0. The number of hydrogen-bond acceptors (Lipinski definition) is 6. The minimum atomic E-state index is -0.415. The number of fused-ring (bicyclic) bond motifs is 1. The van der Waals surface area contributed by atoms with Gasteiger partial charge in [0.1, 0.15) is 5.76 Å². The van der Waals surface area contributed by atoms with E-state index in [-0.39, 0.29) is 18.1 Å². The topological polar surface area (TPSA) is 120 Å². The summed E-state index contributed by atoms with van der Waals surface area (Å²) in [6.07, 6.45) is 5.13. The van der Waals surface area contributed by atoms with Crippen molar-refractivity contribution in [3.63, 3.8) is 0 Å². The first-order chi connectivity index (χ1) is 18.0. The van der Waals surface area contributed by atoms with Crippen molar-refractivity contribution in [1.82, 2.24) is 29.9 Å². The van der Waals surface area contributed by atoms with E-state index in [2.05, 4.69) is 20.8 Å². The Morgan fingerprint density at radius 3 is 2.49 bits per heavy atom. The molecule has 0 fully saturated rings. The lowest BCUT2D eigenvalue weighted by Gasteiger charge is -2.10. The molecule has 4 aromatic heterocycles. The molecule has 5 rings (SSSR count). The monoisotopic (exact) mass is 497 g/mol. The Kier molecular flexibility index (Phi) is 6.55. The number of anilines is 1. The van der Waals surface area contributed by atoms with Crippen LogP contribution in [0.15, 0.2) is 65.5 Å². The molecule has 10 heteroatoms. The molecular weight excluding hydrogens is 470 g/mol. The quantitative estimate of drug-likeness (QED) is 0.328. The van der Waals surface area contributed by atoms with E-state index in [9.17, 15) is 9.59 Å². The van der Waals surface area contributed by atoms with E-state index in [1.807, 2.05) is 55.9 Å². The molecule has 1 aromatic carbocycles. The second-order valence-electron chi connectivity index (χ2n) is 8.52. The van der Waals surface area contributed by atoms with Crippen molar-refractivity contribution >= 4 is 28.4 Å². The maximum atomic E-state index is 13.6. The second kappa shape index (κ2) is 10.1. The van der Waals surface area contributed by atoms with Crippen molar-refractivity contribution in [3.05, 3.63) is 83.8 Å². The Morgan fingerprint density at radius 1 is 0.973 bits per heavy atom. The van der Waals surface area contributed by atoms with Crippen LogP contribution in [-0.4, -0.2) is 36.4 Å². The van der Waals surface area contributed by atoms with Gasteiger partial charge in [0.2, 0.25) is 0 Å². The molecule has 5 aromatic rings. The first-order valence-corrected chi connectivity index (χ1v) is 12.1. The molecule has 0 aliphatic heterocycles. The smallest absolute Gasteiger partial charge is 0.274 e. The molecule has 0 spiro atoms. The van der Waals surface area contributed by atoms with Crippen molar-refractivity contribution in [2.24, 2.45) is 0 Å². The van der Waals surface area contributed by atoms with Crippen molar-refractivity contribution in [2.45, 2.75) is 40.4 Å². The summed E-state index contributed by atoms with van der Waals surface area (Å²) in [5.74, 6) is -0.163. The van der Waals surface area contributed by atoms with Crippen LogP contribution in [0.2, 0.25) is 0 Å². The molecule has 0 radical (unpaired) electrons. The van der Waals surface area contributed by atoms with Crippen molar-refractivity contribution in [1.29, 1.82) is 0 Å². The van der Waals surface area contributed by atoms with Crippen molar-refractivity contribution in [2.75, 3.05) is 5.32 Å². The Labute approximate surface area is 213 Å². The van der Waals surface area contributed by atoms with E-state index in [0.29, 0.717) is 40.2 Å². The first-order valence-electron chi connectivity index (χ1n) is 12.1. The second-order valence-corrected chi connectivity index (χ2v) is 8.52. The van der Waals surface area contributed by atoms with E-state index < -0.39 is 5.91 Å². The molecule has 0 unspecified atom stereocenters.